The molecule has 0 amide bonds. The Bertz CT molecular complexity index is 413. The molecule has 5 nitrogen and oxygen atoms in total. The zero-order chi connectivity index (χ0) is 12.3. The molecular formula is C11H15N3O2S. The van der Waals surface area contributed by atoms with E-state index in [-0.39, 0.29) is 10.6 Å². The fraction of sp³-hybridized carbons (Fsp3) is 0.455. The fourth-order valence-corrected chi connectivity index (χ4v) is 2.94. The van der Waals surface area contributed by atoms with Crippen LogP contribution in [0, 0.1) is 10.1 Å². The predicted octanol–water partition coefficient (Wildman–Crippen LogP) is 1.90. The zero-order valence-electron chi connectivity index (χ0n) is 9.63. The third kappa shape index (κ3) is 3.18. The van der Waals surface area contributed by atoms with Gasteiger partial charge in [0.25, 0.3) is 5.69 Å². The van der Waals surface area contributed by atoms with E-state index in [4.69, 9.17) is 0 Å². The minimum absolute atomic E-state index is 0.184. The smallest absolute Gasteiger partial charge is 0.284 e. The fourth-order valence-electron chi connectivity index (χ4n) is 1.80. The molecular weight excluding hydrogens is 238 g/mol. The van der Waals surface area contributed by atoms with Crippen LogP contribution in [0.25, 0.3) is 0 Å². The number of nitrogens with zero attached hydrogens (tertiary/aromatic N) is 2. The molecule has 17 heavy (non-hydrogen) atoms. The van der Waals surface area contributed by atoms with Crippen molar-refractivity contribution in [2.45, 2.75) is 17.9 Å². The third-order valence-electron chi connectivity index (χ3n) is 2.62. The summed E-state index contributed by atoms with van der Waals surface area (Å²) in [6, 6.07) is 7.31. The van der Waals surface area contributed by atoms with E-state index >= 15 is 0 Å². The van der Waals surface area contributed by atoms with Crippen LogP contribution in [0.1, 0.15) is 6.92 Å². The molecule has 0 spiro atoms. The maximum Gasteiger partial charge on any atom is 0.284 e. The van der Waals surface area contributed by atoms with Crippen molar-refractivity contribution in [1.82, 2.24) is 9.62 Å². The molecule has 6 heteroatoms. The second kappa shape index (κ2) is 5.48. The van der Waals surface area contributed by atoms with E-state index in [9.17, 15) is 10.1 Å². The average molecular weight is 253 g/mol. The number of benzene rings is 1. The lowest BCUT2D eigenvalue weighted by Gasteiger charge is -2.30. The summed E-state index contributed by atoms with van der Waals surface area (Å²) in [5.74, 6) is 0. The molecule has 1 N–H and O–H groups in total. The minimum atomic E-state index is -0.325. The van der Waals surface area contributed by atoms with Gasteiger partial charge in [-0.2, -0.15) is 0 Å². The van der Waals surface area contributed by atoms with Crippen molar-refractivity contribution in [2.75, 3.05) is 19.6 Å². The van der Waals surface area contributed by atoms with Crippen molar-refractivity contribution >= 4 is 17.6 Å². The second-order valence-electron chi connectivity index (χ2n) is 4.06. The number of piperazine rings is 1. The third-order valence-corrected chi connectivity index (χ3v) is 3.75. The van der Waals surface area contributed by atoms with Crippen LogP contribution in [0.2, 0.25) is 0 Å². The molecule has 1 aromatic rings. The summed E-state index contributed by atoms with van der Waals surface area (Å²) in [7, 11) is 0. The molecule has 0 aromatic heterocycles. The van der Waals surface area contributed by atoms with Crippen LogP contribution in [0.3, 0.4) is 0 Å². The molecule has 1 aliphatic rings. The molecule has 1 fully saturated rings. The highest BCUT2D eigenvalue weighted by Crippen LogP contribution is 2.31. The van der Waals surface area contributed by atoms with Gasteiger partial charge in [0.2, 0.25) is 0 Å². The number of nitrogens with one attached hydrogen (secondary N) is 1. The monoisotopic (exact) mass is 253 g/mol. The first-order chi connectivity index (χ1) is 8.16. The number of hydrogen-bond donors (Lipinski definition) is 1. The lowest BCUT2D eigenvalue weighted by molar-refractivity contribution is -0.387. The number of hydrogen-bond acceptors (Lipinski definition) is 5. The quantitative estimate of drug-likeness (QED) is 0.506. The van der Waals surface area contributed by atoms with Crippen molar-refractivity contribution in [1.29, 1.82) is 0 Å². The first-order valence-corrected chi connectivity index (χ1v) is 6.34. The maximum absolute atomic E-state index is 10.9. The highest BCUT2D eigenvalue weighted by atomic mass is 32.2. The SMILES string of the molecule is CC1CN(Sc2ccccc2[N+](=O)[O-])CCN1. The van der Waals surface area contributed by atoms with Crippen LogP contribution in [-0.2, 0) is 0 Å². The molecule has 2 rings (SSSR count). The molecule has 1 aromatic carbocycles. The second-order valence-corrected chi connectivity index (χ2v) is 5.20. The summed E-state index contributed by atoms with van der Waals surface area (Å²) < 4.78 is 2.17. The summed E-state index contributed by atoms with van der Waals surface area (Å²) in [6.45, 7) is 4.85. The van der Waals surface area contributed by atoms with Gasteiger partial charge in [0.05, 0.1) is 4.92 Å². The summed E-state index contributed by atoms with van der Waals surface area (Å²) in [5.41, 5.74) is 0.184. The van der Waals surface area contributed by atoms with E-state index in [1.165, 1.54) is 11.9 Å². The summed E-state index contributed by atoms with van der Waals surface area (Å²) >= 11 is 1.47. The number of rotatable bonds is 3. The summed E-state index contributed by atoms with van der Waals surface area (Å²) in [6.07, 6.45) is 0. The Hall–Kier alpha value is -1.11. The Labute approximate surface area is 104 Å². The van der Waals surface area contributed by atoms with E-state index < -0.39 is 0 Å². The Balaban J connectivity index is 2.10. The molecule has 0 aliphatic carbocycles. The molecule has 0 bridgehead atoms. The lowest BCUT2D eigenvalue weighted by atomic mass is 10.3. The number of para-hydroxylation sites is 1. The Kier molecular flexibility index (Phi) is 3.98. The normalized spacial score (nSPS) is 21.4. The molecule has 1 unspecified atom stereocenters. The van der Waals surface area contributed by atoms with Crippen LogP contribution in [-0.4, -0.2) is 34.9 Å². The molecule has 1 saturated heterocycles. The van der Waals surface area contributed by atoms with E-state index in [0.29, 0.717) is 10.9 Å². The van der Waals surface area contributed by atoms with Gasteiger partial charge in [-0.3, -0.25) is 10.1 Å². The highest BCUT2D eigenvalue weighted by molar-refractivity contribution is 7.97. The van der Waals surface area contributed by atoms with Gasteiger partial charge in [0.1, 0.15) is 4.90 Å². The van der Waals surface area contributed by atoms with Crippen molar-refractivity contribution in [3.8, 4) is 0 Å². The Morgan fingerprint density at radius 2 is 2.29 bits per heavy atom. The maximum atomic E-state index is 10.9. The van der Waals surface area contributed by atoms with Gasteiger partial charge in [0, 0.05) is 31.7 Å². The van der Waals surface area contributed by atoms with Gasteiger partial charge in [-0.1, -0.05) is 12.1 Å². The van der Waals surface area contributed by atoms with E-state index in [1.54, 1.807) is 18.2 Å². The van der Waals surface area contributed by atoms with Crippen molar-refractivity contribution in [3.63, 3.8) is 0 Å². The topological polar surface area (TPSA) is 58.4 Å². The van der Waals surface area contributed by atoms with Crippen molar-refractivity contribution in [3.05, 3.63) is 34.4 Å². The first-order valence-electron chi connectivity index (χ1n) is 5.56. The van der Waals surface area contributed by atoms with Crippen LogP contribution >= 0.6 is 11.9 Å². The molecule has 0 radical (unpaired) electrons. The summed E-state index contributed by atoms with van der Waals surface area (Å²) in [4.78, 5) is 11.3. The van der Waals surface area contributed by atoms with Crippen LogP contribution in [0.5, 0.6) is 0 Å². The predicted molar refractivity (Wildman–Crippen MR) is 68.0 cm³/mol. The minimum Gasteiger partial charge on any atom is -0.312 e. The standard InChI is InChI=1S/C11H15N3O2S/c1-9-8-13(7-6-12-9)17-11-5-3-2-4-10(11)14(15)16/h2-5,9,12H,6-8H2,1H3. The molecule has 92 valence electrons. The van der Waals surface area contributed by atoms with Gasteiger partial charge in [-0.25, -0.2) is 4.31 Å². The van der Waals surface area contributed by atoms with E-state index in [0.717, 1.165) is 19.6 Å². The van der Waals surface area contributed by atoms with Crippen LogP contribution in [0.15, 0.2) is 29.2 Å². The van der Waals surface area contributed by atoms with Gasteiger partial charge in [0.15, 0.2) is 0 Å². The molecule has 1 heterocycles. The zero-order valence-corrected chi connectivity index (χ0v) is 10.4. The van der Waals surface area contributed by atoms with Gasteiger partial charge in [-0.05, 0) is 24.9 Å². The average Bonchev–Trinajstić information content (AvgIpc) is 2.29. The van der Waals surface area contributed by atoms with Crippen molar-refractivity contribution < 1.29 is 4.92 Å². The summed E-state index contributed by atoms with van der Waals surface area (Å²) in [5, 5.41) is 14.2. The lowest BCUT2D eigenvalue weighted by Crippen LogP contribution is -2.46. The molecule has 0 saturated carbocycles. The molecule has 1 atom stereocenters. The highest BCUT2D eigenvalue weighted by Gasteiger charge is 2.20. The number of nitro benzene ring substituents is 1. The Morgan fingerprint density at radius 3 is 3.00 bits per heavy atom. The van der Waals surface area contributed by atoms with Gasteiger partial charge >= 0.3 is 0 Å². The van der Waals surface area contributed by atoms with Crippen LogP contribution < -0.4 is 5.32 Å². The van der Waals surface area contributed by atoms with Crippen molar-refractivity contribution in [2.24, 2.45) is 0 Å². The Morgan fingerprint density at radius 1 is 1.53 bits per heavy atom. The largest absolute Gasteiger partial charge is 0.312 e. The van der Waals surface area contributed by atoms with E-state index in [2.05, 4.69) is 16.5 Å². The molecule has 1 aliphatic heterocycles. The number of nitro groups is 1. The first kappa shape index (κ1) is 12.3. The van der Waals surface area contributed by atoms with Crippen LogP contribution in [0.4, 0.5) is 5.69 Å². The van der Waals surface area contributed by atoms with E-state index in [1.807, 2.05) is 6.07 Å². The van der Waals surface area contributed by atoms with Gasteiger partial charge < -0.3 is 5.32 Å². The van der Waals surface area contributed by atoms with Gasteiger partial charge in [-0.15, -0.1) is 0 Å².